The minimum absolute atomic E-state index is 0.777. The number of rotatable bonds is 9. The van der Waals surface area contributed by atoms with Crippen molar-refractivity contribution in [2.45, 2.75) is 85.5 Å². The van der Waals surface area contributed by atoms with Gasteiger partial charge in [-0.25, -0.2) is 0 Å². The van der Waals surface area contributed by atoms with Crippen LogP contribution in [-0.2, 0) is 12.8 Å². The molecule has 0 heterocycles. The van der Waals surface area contributed by atoms with Crippen LogP contribution in [-0.4, -0.2) is 6.61 Å². The van der Waals surface area contributed by atoms with Crippen LogP contribution in [0.5, 0.6) is 5.75 Å². The van der Waals surface area contributed by atoms with Crippen LogP contribution in [0.15, 0.2) is 18.2 Å². The standard InChI is InChI=1S/C25H40O/c1-5-7-8-10-18(3)13-14-22-19(4)15-21-17-24-20(16-23(21)22)11-9-12-25(24)26-6-2/h9,11-12,18-19,21-23H,5-8,10,13-17H2,1-4H3/t18-,19+,21+,22-,23-/m0/s1. The summed E-state index contributed by atoms with van der Waals surface area (Å²) in [6.45, 7) is 10.2. The van der Waals surface area contributed by atoms with Gasteiger partial charge in [-0.05, 0) is 79.4 Å². The summed E-state index contributed by atoms with van der Waals surface area (Å²) in [4.78, 5) is 0. The third kappa shape index (κ3) is 4.46. The molecule has 0 aliphatic heterocycles. The highest BCUT2D eigenvalue weighted by Crippen LogP contribution is 2.51. The molecule has 0 spiro atoms. The van der Waals surface area contributed by atoms with E-state index in [0.29, 0.717) is 0 Å². The molecule has 0 bridgehead atoms. The molecule has 2 aliphatic rings. The molecule has 146 valence electrons. The zero-order chi connectivity index (χ0) is 18.5. The molecule has 1 aromatic rings. The number of benzene rings is 1. The summed E-state index contributed by atoms with van der Waals surface area (Å²) >= 11 is 0. The number of fused-ring (bicyclic) bond motifs is 2. The van der Waals surface area contributed by atoms with Crippen LogP contribution in [0.4, 0.5) is 0 Å². The average molecular weight is 357 g/mol. The number of unbranched alkanes of at least 4 members (excludes halogenated alkanes) is 2. The Hall–Kier alpha value is -0.980. The van der Waals surface area contributed by atoms with E-state index in [0.717, 1.165) is 41.9 Å². The second-order valence-corrected chi connectivity index (χ2v) is 9.21. The lowest BCUT2D eigenvalue weighted by atomic mass is 9.73. The summed E-state index contributed by atoms with van der Waals surface area (Å²) in [6, 6.07) is 6.74. The van der Waals surface area contributed by atoms with E-state index in [1.807, 2.05) is 0 Å². The predicted octanol–water partition coefficient (Wildman–Crippen LogP) is 7.07. The lowest BCUT2D eigenvalue weighted by molar-refractivity contribution is 0.239. The highest BCUT2D eigenvalue weighted by molar-refractivity contribution is 5.43. The number of hydrogen-bond acceptors (Lipinski definition) is 1. The Morgan fingerprint density at radius 1 is 1.12 bits per heavy atom. The quantitative estimate of drug-likeness (QED) is 0.430. The van der Waals surface area contributed by atoms with E-state index in [1.165, 1.54) is 63.4 Å². The molecule has 2 aliphatic carbocycles. The fourth-order valence-corrected chi connectivity index (χ4v) is 5.86. The molecule has 3 rings (SSSR count). The van der Waals surface area contributed by atoms with Crippen molar-refractivity contribution in [3.8, 4) is 5.75 Å². The van der Waals surface area contributed by atoms with E-state index in [4.69, 9.17) is 4.74 Å². The Kier molecular flexibility index (Phi) is 7.06. The normalized spacial score (nSPS) is 28.5. The Balaban J connectivity index is 1.62. The second-order valence-electron chi connectivity index (χ2n) is 9.21. The van der Waals surface area contributed by atoms with Gasteiger partial charge in [0.05, 0.1) is 6.61 Å². The minimum Gasteiger partial charge on any atom is -0.494 e. The van der Waals surface area contributed by atoms with Crippen LogP contribution in [0.25, 0.3) is 0 Å². The molecule has 0 amide bonds. The summed E-state index contributed by atoms with van der Waals surface area (Å²) < 4.78 is 5.93. The Morgan fingerprint density at radius 2 is 1.96 bits per heavy atom. The van der Waals surface area contributed by atoms with E-state index in [9.17, 15) is 0 Å². The van der Waals surface area contributed by atoms with Gasteiger partial charge in [0.1, 0.15) is 5.75 Å². The van der Waals surface area contributed by atoms with Crippen molar-refractivity contribution in [3.05, 3.63) is 29.3 Å². The molecule has 0 aromatic heterocycles. The third-order valence-corrected chi connectivity index (χ3v) is 7.31. The van der Waals surface area contributed by atoms with Crippen LogP contribution in [0.1, 0.15) is 83.8 Å². The molecule has 26 heavy (non-hydrogen) atoms. The maximum absolute atomic E-state index is 5.93. The SMILES string of the molecule is CCCCC[C@H](C)CC[C@@H]1[C@H]2Cc3cccc(OCC)c3C[C@H]2C[C@H]1C. The predicted molar refractivity (Wildman–Crippen MR) is 112 cm³/mol. The second kappa shape index (κ2) is 9.29. The van der Waals surface area contributed by atoms with Gasteiger partial charge >= 0.3 is 0 Å². The molecular formula is C25H40O. The fourth-order valence-electron chi connectivity index (χ4n) is 5.86. The molecule has 1 heteroatoms. The van der Waals surface area contributed by atoms with E-state index in [2.05, 4.69) is 45.9 Å². The Labute approximate surface area is 161 Å². The van der Waals surface area contributed by atoms with Crippen LogP contribution < -0.4 is 4.74 Å². The van der Waals surface area contributed by atoms with Crippen molar-refractivity contribution < 1.29 is 4.74 Å². The van der Waals surface area contributed by atoms with Crippen molar-refractivity contribution in [1.82, 2.24) is 0 Å². The van der Waals surface area contributed by atoms with E-state index in [1.54, 1.807) is 5.56 Å². The molecule has 1 saturated carbocycles. The molecule has 1 fully saturated rings. The van der Waals surface area contributed by atoms with E-state index < -0.39 is 0 Å². The van der Waals surface area contributed by atoms with Crippen LogP contribution in [0.2, 0.25) is 0 Å². The van der Waals surface area contributed by atoms with Gasteiger partial charge in [-0.15, -0.1) is 0 Å². The molecule has 1 aromatic carbocycles. The van der Waals surface area contributed by atoms with E-state index >= 15 is 0 Å². The number of ether oxygens (including phenoxy) is 1. The first kappa shape index (κ1) is 19.8. The third-order valence-electron chi connectivity index (χ3n) is 7.31. The van der Waals surface area contributed by atoms with Gasteiger partial charge in [0.2, 0.25) is 0 Å². The van der Waals surface area contributed by atoms with Crippen molar-refractivity contribution >= 4 is 0 Å². The monoisotopic (exact) mass is 356 g/mol. The van der Waals surface area contributed by atoms with Gasteiger partial charge in [0, 0.05) is 0 Å². The van der Waals surface area contributed by atoms with Gasteiger partial charge in [0.15, 0.2) is 0 Å². The topological polar surface area (TPSA) is 9.23 Å². The van der Waals surface area contributed by atoms with Gasteiger partial charge < -0.3 is 4.74 Å². The van der Waals surface area contributed by atoms with E-state index in [-0.39, 0.29) is 0 Å². The van der Waals surface area contributed by atoms with Gasteiger partial charge in [-0.2, -0.15) is 0 Å². The van der Waals surface area contributed by atoms with Gasteiger partial charge in [0.25, 0.3) is 0 Å². The Morgan fingerprint density at radius 3 is 2.73 bits per heavy atom. The van der Waals surface area contributed by atoms with Crippen molar-refractivity contribution in [2.24, 2.45) is 29.6 Å². The minimum atomic E-state index is 0.777. The molecule has 0 unspecified atom stereocenters. The Bertz CT molecular complexity index is 563. The summed E-state index contributed by atoms with van der Waals surface area (Å²) in [5, 5.41) is 0. The molecule has 0 saturated heterocycles. The highest BCUT2D eigenvalue weighted by atomic mass is 16.5. The first-order valence-electron chi connectivity index (χ1n) is 11.4. The summed E-state index contributed by atoms with van der Waals surface area (Å²) in [6.07, 6.45) is 12.5. The molecule has 0 N–H and O–H groups in total. The molecule has 0 radical (unpaired) electrons. The van der Waals surface area contributed by atoms with Crippen molar-refractivity contribution in [2.75, 3.05) is 6.61 Å². The van der Waals surface area contributed by atoms with Crippen molar-refractivity contribution in [1.29, 1.82) is 0 Å². The summed E-state index contributed by atoms with van der Waals surface area (Å²) in [7, 11) is 0. The lowest BCUT2D eigenvalue weighted by Gasteiger charge is -2.33. The van der Waals surface area contributed by atoms with Crippen LogP contribution in [0, 0.1) is 29.6 Å². The smallest absolute Gasteiger partial charge is 0.122 e. The zero-order valence-corrected chi connectivity index (χ0v) is 17.6. The summed E-state index contributed by atoms with van der Waals surface area (Å²) in [5.41, 5.74) is 3.10. The van der Waals surface area contributed by atoms with Crippen LogP contribution in [0.3, 0.4) is 0 Å². The van der Waals surface area contributed by atoms with Crippen molar-refractivity contribution in [3.63, 3.8) is 0 Å². The van der Waals surface area contributed by atoms with Gasteiger partial charge in [-0.1, -0.05) is 65.0 Å². The van der Waals surface area contributed by atoms with Gasteiger partial charge in [-0.3, -0.25) is 0 Å². The molecule has 5 atom stereocenters. The largest absolute Gasteiger partial charge is 0.494 e. The first-order chi connectivity index (χ1) is 12.6. The van der Waals surface area contributed by atoms with Crippen LogP contribution >= 0.6 is 0 Å². The zero-order valence-electron chi connectivity index (χ0n) is 17.6. The molecular weight excluding hydrogens is 316 g/mol. The number of hydrogen-bond donors (Lipinski definition) is 0. The lowest BCUT2D eigenvalue weighted by Crippen LogP contribution is -2.26. The maximum atomic E-state index is 5.93. The molecule has 1 nitrogen and oxygen atoms in total. The first-order valence-corrected chi connectivity index (χ1v) is 11.4. The average Bonchev–Trinajstić information content (AvgIpc) is 2.93. The highest BCUT2D eigenvalue weighted by Gasteiger charge is 2.43. The fraction of sp³-hybridized carbons (Fsp3) is 0.760. The maximum Gasteiger partial charge on any atom is 0.122 e. The summed E-state index contributed by atoms with van der Waals surface area (Å²) in [5.74, 6) is 5.71.